The highest BCUT2D eigenvalue weighted by molar-refractivity contribution is 5.64. The third-order valence-electron chi connectivity index (χ3n) is 4.73. The predicted octanol–water partition coefficient (Wildman–Crippen LogP) is 3.79. The molecule has 1 saturated heterocycles. The number of methoxy groups -OCH3 is 1. The molecule has 1 aliphatic heterocycles. The number of nitrogens with zero attached hydrogens (tertiary/aromatic N) is 2. The molecule has 2 N–H and O–H groups in total. The van der Waals surface area contributed by atoms with Gasteiger partial charge in [0.15, 0.2) is 0 Å². The number of nitrogens with one attached hydrogen (secondary N) is 2. The summed E-state index contributed by atoms with van der Waals surface area (Å²) < 4.78 is 5.17. The van der Waals surface area contributed by atoms with Crippen molar-refractivity contribution < 1.29 is 4.74 Å². The molecule has 6 heteroatoms. The van der Waals surface area contributed by atoms with Crippen LogP contribution in [0.1, 0.15) is 12.8 Å². The minimum Gasteiger partial charge on any atom is -0.497 e. The van der Waals surface area contributed by atoms with Gasteiger partial charge in [0.1, 0.15) is 5.75 Å². The van der Waals surface area contributed by atoms with Gasteiger partial charge in [-0.3, -0.25) is 9.78 Å². The maximum atomic E-state index is 12.1. The van der Waals surface area contributed by atoms with Crippen LogP contribution in [0.5, 0.6) is 5.75 Å². The van der Waals surface area contributed by atoms with Crippen LogP contribution in [0.2, 0.25) is 0 Å². The van der Waals surface area contributed by atoms with E-state index in [1.54, 1.807) is 7.11 Å². The standard InChI is InChI=1S/C21H22N4O2/c1-27-18-10-4-15(5-11-18)19-14-20(26)24-21(23-19)22-16-6-8-17(9-7-16)25-12-2-3-13-25/h4-11,14H,2-3,12-13H2,1H3,(H2,22,23,24,26). The summed E-state index contributed by atoms with van der Waals surface area (Å²) in [4.78, 5) is 21.7. The molecule has 1 fully saturated rings. The van der Waals surface area contributed by atoms with Gasteiger partial charge in [-0.15, -0.1) is 0 Å². The molecule has 0 amide bonds. The van der Waals surface area contributed by atoms with Gasteiger partial charge in [-0.1, -0.05) is 0 Å². The lowest BCUT2D eigenvalue weighted by Gasteiger charge is -2.17. The van der Waals surface area contributed by atoms with Gasteiger partial charge in [0.2, 0.25) is 5.95 Å². The summed E-state index contributed by atoms with van der Waals surface area (Å²) in [6.07, 6.45) is 2.51. The SMILES string of the molecule is COc1ccc(-c2cc(=O)[nH]c(Nc3ccc(N4CCCC4)cc3)n2)cc1. The molecule has 0 aliphatic carbocycles. The molecule has 1 aliphatic rings. The highest BCUT2D eigenvalue weighted by Crippen LogP contribution is 2.24. The van der Waals surface area contributed by atoms with E-state index >= 15 is 0 Å². The minimum atomic E-state index is -0.202. The van der Waals surface area contributed by atoms with E-state index in [2.05, 4.69) is 32.3 Å². The van der Waals surface area contributed by atoms with Gasteiger partial charge in [0.25, 0.3) is 5.56 Å². The van der Waals surface area contributed by atoms with Crippen LogP contribution in [0.4, 0.5) is 17.3 Å². The quantitative estimate of drug-likeness (QED) is 0.723. The average molecular weight is 362 g/mol. The Bertz CT molecular complexity index is 959. The Hall–Kier alpha value is -3.28. The Morgan fingerprint density at radius 1 is 1.04 bits per heavy atom. The van der Waals surface area contributed by atoms with Gasteiger partial charge in [-0.05, 0) is 61.4 Å². The number of hydrogen-bond donors (Lipinski definition) is 2. The topological polar surface area (TPSA) is 70.2 Å². The van der Waals surface area contributed by atoms with Gasteiger partial charge >= 0.3 is 0 Å². The van der Waals surface area contributed by atoms with Gasteiger partial charge in [-0.2, -0.15) is 0 Å². The summed E-state index contributed by atoms with van der Waals surface area (Å²) in [7, 11) is 1.62. The molecule has 0 radical (unpaired) electrons. The number of anilines is 3. The number of ether oxygens (including phenoxy) is 1. The fourth-order valence-corrected chi connectivity index (χ4v) is 3.29. The van der Waals surface area contributed by atoms with Crippen LogP contribution < -0.4 is 20.5 Å². The van der Waals surface area contributed by atoms with E-state index in [0.29, 0.717) is 11.6 Å². The van der Waals surface area contributed by atoms with Crippen LogP contribution in [-0.2, 0) is 0 Å². The molecule has 0 bridgehead atoms. The van der Waals surface area contributed by atoms with Crippen molar-refractivity contribution in [2.75, 3.05) is 30.4 Å². The van der Waals surface area contributed by atoms with Crippen LogP contribution in [0.25, 0.3) is 11.3 Å². The Labute approximate surface area is 157 Å². The van der Waals surface area contributed by atoms with Crippen molar-refractivity contribution in [3.63, 3.8) is 0 Å². The van der Waals surface area contributed by atoms with Crippen LogP contribution in [0, 0.1) is 0 Å². The first-order valence-electron chi connectivity index (χ1n) is 9.09. The van der Waals surface area contributed by atoms with Crippen LogP contribution in [0.15, 0.2) is 59.4 Å². The summed E-state index contributed by atoms with van der Waals surface area (Å²) in [5.74, 6) is 1.18. The molecule has 1 aromatic heterocycles. The second-order valence-electron chi connectivity index (χ2n) is 6.57. The second-order valence-corrected chi connectivity index (χ2v) is 6.57. The van der Waals surface area contributed by atoms with Crippen molar-refractivity contribution in [3.05, 3.63) is 65.0 Å². The molecular formula is C21H22N4O2. The Kier molecular flexibility index (Phi) is 4.78. The van der Waals surface area contributed by atoms with Crippen molar-refractivity contribution in [1.29, 1.82) is 0 Å². The van der Waals surface area contributed by atoms with Crippen LogP contribution >= 0.6 is 0 Å². The van der Waals surface area contributed by atoms with E-state index in [-0.39, 0.29) is 5.56 Å². The van der Waals surface area contributed by atoms with Gasteiger partial charge in [0, 0.05) is 36.1 Å². The van der Waals surface area contributed by atoms with E-state index in [0.717, 1.165) is 30.1 Å². The highest BCUT2D eigenvalue weighted by atomic mass is 16.5. The predicted molar refractivity (Wildman–Crippen MR) is 108 cm³/mol. The zero-order valence-corrected chi connectivity index (χ0v) is 15.2. The number of hydrogen-bond acceptors (Lipinski definition) is 5. The summed E-state index contributed by atoms with van der Waals surface area (Å²) in [6.45, 7) is 2.23. The van der Waals surface area contributed by atoms with Crippen molar-refractivity contribution in [2.45, 2.75) is 12.8 Å². The van der Waals surface area contributed by atoms with E-state index in [9.17, 15) is 4.79 Å². The molecule has 0 atom stereocenters. The van der Waals surface area contributed by atoms with E-state index in [4.69, 9.17) is 4.74 Å². The van der Waals surface area contributed by atoms with Crippen LogP contribution in [0.3, 0.4) is 0 Å². The third kappa shape index (κ3) is 3.95. The molecular weight excluding hydrogens is 340 g/mol. The summed E-state index contributed by atoms with van der Waals surface area (Å²) >= 11 is 0. The fourth-order valence-electron chi connectivity index (χ4n) is 3.29. The lowest BCUT2D eigenvalue weighted by atomic mass is 10.1. The van der Waals surface area contributed by atoms with E-state index in [1.807, 2.05) is 36.4 Å². The maximum Gasteiger partial charge on any atom is 0.252 e. The van der Waals surface area contributed by atoms with Crippen molar-refractivity contribution in [1.82, 2.24) is 9.97 Å². The molecule has 4 rings (SSSR count). The summed E-state index contributed by atoms with van der Waals surface area (Å²) in [6, 6.07) is 17.2. The fraction of sp³-hybridized carbons (Fsp3) is 0.238. The summed E-state index contributed by atoms with van der Waals surface area (Å²) in [5, 5.41) is 3.19. The molecule has 0 spiro atoms. The summed E-state index contributed by atoms with van der Waals surface area (Å²) in [5.41, 5.74) is 3.37. The minimum absolute atomic E-state index is 0.202. The molecule has 3 aromatic rings. The van der Waals surface area contributed by atoms with Gasteiger partial charge in [0.05, 0.1) is 12.8 Å². The highest BCUT2D eigenvalue weighted by Gasteiger charge is 2.12. The molecule has 2 aromatic carbocycles. The first kappa shape index (κ1) is 17.1. The number of aromatic amines is 1. The number of H-pyrrole nitrogens is 1. The zero-order valence-electron chi connectivity index (χ0n) is 15.2. The lowest BCUT2D eigenvalue weighted by Crippen LogP contribution is -2.17. The number of benzene rings is 2. The van der Waals surface area contributed by atoms with E-state index < -0.39 is 0 Å². The molecule has 6 nitrogen and oxygen atoms in total. The van der Waals surface area contributed by atoms with Crippen molar-refractivity contribution >= 4 is 17.3 Å². The molecule has 27 heavy (non-hydrogen) atoms. The van der Waals surface area contributed by atoms with Crippen LogP contribution in [-0.4, -0.2) is 30.2 Å². The largest absolute Gasteiger partial charge is 0.497 e. The Morgan fingerprint density at radius 2 is 1.74 bits per heavy atom. The monoisotopic (exact) mass is 362 g/mol. The van der Waals surface area contributed by atoms with Gasteiger partial charge < -0.3 is 15.0 Å². The molecule has 2 heterocycles. The van der Waals surface area contributed by atoms with Crippen molar-refractivity contribution in [3.8, 4) is 17.0 Å². The Balaban J connectivity index is 1.55. The van der Waals surface area contributed by atoms with Gasteiger partial charge in [-0.25, -0.2) is 4.98 Å². The lowest BCUT2D eigenvalue weighted by molar-refractivity contribution is 0.415. The normalized spacial score (nSPS) is 13.6. The van der Waals surface area contributed by atoms with E-state index in [1.165, 1.54) is 24.6 Å². The van der Waals surface area contributed by atoms with Crippen molar-refractivity contribution in [2.24, 2.45) is 0 Å². The Morgan fingerprint density at radius 3 is 2.41 bits per heavy atom. The third-order valence-corrected chi connectivity index (χ3v) is 4.73. The first-order valence-corrected chi connectivity index (χ1v) is 9.09. The molecule has 0 unspecified atom stereocenters. The maximum absolute atomic E-state index is 12.1. The zero-order chi connectivity index (χ0) is 18.6. The number of rotatable bonds is 5. The first-order chi connectivity index (χ1) is 13.2. The molecule has 138 valence electrons. The second kappa shape index (κ2) is 7.53. The average Bonchev–Trinajstić information content (AvgIpc) is 3.23. The molecule has 0 saturated carbocycles. The number of aromatic nitrogens is 2. The smallest absolute Gasteiger partial charge is 0.252 e.